The van der Waals surface area contributed by atoms with Gasteiger partial charge in [0, 0.05) is 48.0 Å². The van der Waals surface area contributed by atoms with Crippen LogP contribution in [0.5, 0.6) is 0 Å². The molecule has 0 aromatic carbocycles. The van der Waals surface area contributed by atoms with E-state index in [1.54, 1.807) is 12.3 Å². The summed E-state index contributed by atoms with van der Waals surface area (Å²) < 4.78 is 0.722. The van der Waals surface area contributed by atoms with Gasteiger partial charge in [-0.3, -0.25) is 19.9 Å². The molecule has 0 amide bonds. The Kier molecular flexibility index (Phi) is 14.3. The molecule has 34 heavy (non-hydrogen) atoms. The Balaban J connectivity index is 0.000000275. The molecule has 4 rings (SSSR count). The molecule has 0 saturated carbocycles. The second-order valence-electron chi connectivity index (χ2n) is 6.95. The van der Waals surface area contributed by atoms with E-state index in [9.17, 15) is 4.79 Å². The van der Waals surface area contributed by atoms with Crippen LogP contribution in [0, 0.1) is 6.92 Å². The van der Waals surface area contributed by atoms with Crippen LogP contribution in [0.4, 0.5) is 0 Å². The van der Waals surface area contributed by atoms with E-state index in [-0.39, 0.29) is 25.5 Å². The predicted octanol–water partition coefficient (Wildman–Crippen LogP) is 5.04. The molecule has 0 aliphatic heterocycles. The third kappa shape index (κ3) is 12.4. The van der Waals surface area contributed by atoms with E-state index in [2.05, 4.69) is 47.8 Å². The molecule has 4 aromatic heterocycles. The van der Waals surface area contributed by atoms with Crippen molar-refractivity contribution in [1.29, 1.82) is 0 Å². The fraction of sp³-hybridized carbons (Fsp3) is 0.160. The SMILES string of the molecule is CN(Cc1ccccn1)Cc1ccccn1.Cc1ccccn1.O=C(O)c1cc(Br)ccn1.[Os+]. The number of aromatic carboxylic acids is 1. The first-order chi connectivity index (χ1) is 15.9. The van der Waals surface area contributed by atoms with E-state index < -0.39 is 5.97 Å². The molecule has 0 bridgehead atoms. The fourth-order valence-corrected chi connectivity index (χ4v) is 2.90. The summed E-state index contributed by atoms with van der Waals surface area (Å²) in [5, 5.41) is 8.43. The number of nitrogens with zero attached hydrogens (tertiary/aromatic N) is 5. The van der Waals surface area contributed by atoms with Crippen molar-refractivity contribution < 1.29 is 29.7 Å². The molecule has 0 saturated heterocycles. The molecule has 0 aliphatic rings. The molecule has 4 heterocycles. The minimum absolute atomic E-state index is 0. The summed E-state index contributed by atoms with van der Waals surface area (Å²) in [5.74, 6) is -1.01. The molecular weight excluding hydrogens is 672 g/mol. The molecule has 0 atom stereocenters. The van der Waals surface area contributed by atoms with Gasteiger partial charge in [0.1, 0.15) is 5.69 Å². The van der Waals surface area contributed by atoms with Crippen LogP contribution in [0.25, 0.3) is 0 Å². The van der Waals surface area contributed by atoms with Crippen molar-refractivity contribution in [1.82, 2.24) is 24.8 Å². The van der Waals surface area contributed by atoms with Gasteiger partial charge in [-0.1, -0.05) is 34.1 Å². The number of rotatable bonds is 5. The number of carboxylic acids is 1. The first-order valence-corrected chi connectivity index (χ1v) is 10.9. The summed E-state index contributed by atoms with van der Waals surface area (Å²) in [4.78, 5) is 28.7. The number of pyridine rings is 4. The number of carbonyl (C=O) groups is 1. The second kappa shape index (κ2) is 16.7. The van der Waals surface area contributed by atoms with Crippen LogP contribution in [-0.4, -0.2) is 43.0 Å². The zero-order valence-electron chi connectivity index (χ0n) is 18.9. The minimum Gasteiger partial charge on any atom is -0.477 e. The summed E-state index contributed by atoms with van der Waals surface area (Å²) >= 11 is 3.13. The zero-order chi connectivity index (χ0) is 23.9. The number of aromatic nitrogens is 4. The quantitative estimate of drug-likeness (QED) is 0.313. The van der Waals surface area contributed by atoms with E-state index in [0.717, 1.165) is 34.6 Å². The van der Waals surface area contributed by atoms with Gasteiger partial charge in [0.05, 0.1) is 11.4 Å². The topological polar surface area (TPSA) is 92.1 Å². The monoisotopic (exact) mass is 699 g/mol. The summed E-state index contributed by atoms with van der Waals surface area (Å²) in [5.41, 5.74) is 3.29. The first kappa shape index (κ1) is 29.2. The van der Waals surface area contributed by atoms with Gasteiger partial charge in [0.25, 0.3) is 0 Å². The number of halogens is 1. The van der Waals surface area contributed by atoms with Gasteiger partial charge in [-0.05, 0) is 62.5 Å². The van der Waals surface area contributed by atoms with Crippen LogP contribution in [0.1, 0.15) is 27.6 Å². The Labute approximate surface area is 221 Å². The summed E-state index contributed by atoms with van der Waals surface area (Å²) in [7, 11) is 2.07. The zero-order valence-corrected chi connectivity index (χ0v) is 23.0. The summed E-state index contributed by atoms with van der Waals surface area (Å²) in [6, 6.07) is 20.9. The molecule has 177 valence electrons. The number of hydrogen-bond donors (Lipinski definition) is 1. The van der Waals surface area contributed by atoms with Crippen molar-refractivity contribution in [3.63, 3.8) is 0 Å². The normalized spacial score (nSPS) is 9.53. The number of carboxylic acid groups (broad SMARTS) is 1. The third-order valence-electron chi connectivity index (χ3n) is 4.07. The van der Waals surface area contributed by atoms with E-state index in [0.29, 0.717) is 0 Å². The summed E-state index contributed by atoms with van der Waals surface area (Å²) in [6.07, 6.45) is 6.87. The van der Waals surface area contributed by atoms with Crippen molar-refractivity contribution in [2.45, 2.75) is 20.0 Å². The Hall–Kier alpha value is -2.85. The molecule has 0 fully saturated rings. The first-order valence-electron chi connectivity index (χ1n) is 10.1. The fourth-order valence-electron chi connectivity index (χ4n) is 2.56. The van der Waals surface area contributed by atoms with Crippen LogP contribution in [0.2, 0.25) is 0 Å². The van der Waals surface area contributed by atoms with Crippen molar-refractivity contribution in [3.8, 4) is 0 Å². The van der Waals surface area contributed by atoms with Gasteiger partial charge in [-0.15, -0.1) is 0 Å². The standard InChI is InChI=1S/C13H15N3.C6H4BrNO2.C6H7N.Os/c1-16(10-12-6-2-4-8-14-12)11-13-7-3-5-9-15-13;7-4-1-2-8-5(3-4)6(9)10;1-6-4-2-3-5-7-6;/h2-9H,10-11H2,1H3;1-3H,(H,9,10);2-5H,1H3;/q;;;+1. The van der Waals surface area contributed by atoms with Crippen molar-refractivity contribution in [3.05, 3.63) is 119 Å². The second-order valence-corrected chi connectivity index (χ2v) is 7.87. The Morgan fingerprint density at radius 2 is 1.35 bits per heavy atom. The maximum Gasteiger partial charge on any atom is 1.00 e. The van der Waals surface area contributed by atoms with Crippen LogP contribution in [0.15, 0.2) is 96.0 Å². The van der Waals surface area contributed by atoms with Gasteiger partial charge >= 0.3 is 25.8 Å². The molecule has 0 unspecified atom stereocenters. The maximum atomic E-state index is 10.3. The van der Waals surface area contributed by atoms with Gasteiger partial charge in [-0.25, -0.2) is 9.78 Å². The van der Waals surface area contributed by atoms with E-state index in [1.165, 1.54) is 12.3 Å². The average Bonchev–Trinajstić information content (AvgIpc) is 2.82. The number of hydrogen-bond acceptors (Lipinski definition) is 6. The van der Waals surface area contributed by atoms with Crippen molar-refractivity contribution in [2.75, 3.05) is 7.05 Å². The molecule has 1 radical (unpaired) electrons. The molecule has 4 aromatic rings. The Bertz CT molecular complexity index is 1050. The number of aryl methyl sites for hydroxylation is 1. The van der Waals surface area contributed by atoms with Gasteiger partial charge in [-0.2, -0.15) is 0 Å². The Morgan fingerprint density at radius 3 is 1.68 bits per heavy atom. The third-order valence-corrected chi connectivity index (χ3v) is 4.56. The van der Waals surface area contributed by atoms with Gasteiger partial charge in [0.2, 0.25) is 0 Å². The Morgan fingerprint density at radius 1 is 0.824 bits per heavy atom. The molecule has 1 N–H and O–H groups in total. The van der Waals surface area contributed by atoms with Crippen LogP contribution < -0.4 is 0 Å². The molecule has 7 nitrogen and oxygen atoms in total. The van der Waals surface area contributed by atoms with Crippen LogP contribution in [0.3, 0.4) is 0 Å². The predicted molar refractivity (Wildman–Crippen MR) is 132 cm³/mol. The van der Waals surface area contributed by atoms with Crippen molar-refractivity contribution >= 4 is 21.9 Å². The van der Waals surface area contributed by atoms with E-state index >= 15 is 0 Å². The van der Waals surface area contributed by atoms with Gasteiger partial charge in [0.15, 0.2) is 0 Å². The average molecular weight is 699 g/mol. The van der Waals surface area contributed by atoms with Crippen LogP contribution in [-0.2, 0) is 32.9 Å². The smallest absolute Gasteiger partial charge is 0.477 e. The largest absolute Gasteiger partial charge is 1.00 e. The van der Waals surface area contributed by atoms with Gasteiger partial charge < -0.3 is 5.11 Å². The van der Waals surface area contributed by atoms with Crippen LogP contribution >= 0.6 is 15.9 Å². The molecule has 0 aliphatic carbocycles. The molecule has 0 spiro atoms. The van der Waals surface area contributed by atoms with E-state index in [1.807, 2.05) is 73.9 Å². The van der Waals surface area contributed by atoms with Crippen molar-refractivity contribution in [2.24, 2.45) is 0 Å². The summed E-state index contributed by atoms with van der Waals surface area (Å²) in [6.45, 7) is 3.66. The molecular formula is C25H26BrN5O2Os+. The minimum atomic E-state index is -1.01. The molecule has 9 heteroatoms. The maximum absolute atomic E-state index is 10.3. The van der Waals surface area contributed by atoms with E-state index in [4.69, 9.17) is 5.11 Å².